The summed E-state index contributed by atoms with van der Waals surface area (Å²) < 4.78 is 2.31. The topological polar surface area (TPSA) is 16.8 Å². The van der Waals surface area contributed by atoms with Crippen molar-refractivity contribution in [2.45, 2.75) is 71.6 Å². The molecule has 1 heterocycles. The number of nitrogens with zero attached hydrogens (tertiary/aromatic N) is 2. The van der Waals surface area contributed by atoms with Gasteiger partial charge in [0.05, 0.1) is 5.56 Å². The Morgan fingerprint density at radius 1 is 1.00 bits per heavy atom. The minimum absolute atomic E-state index is 0.131. The summed E-state index contributed by atoms with van der Waals surface area (Å²) in [6.07, 6.45) is 7.45. The van der Waals surface area contributed by atoms with E-state index in [9.17, 15) is 0 Å². The fourth-order valence-electron chi connectivity index (χ4n) is 4.60. The normalized spacial score (nSPS) is 15.5. The highest BCUT2D eigenvalue weighted by Gasteiger charge is 2.23. The first-order valence-electron chi connectivity index (χ1n) is 10.7. The molecule has 0 aliphatic heterocycles. The lowest BCUT2D eigenvalue weighted by atomic mass is 9.83. The monoisotopic (exact) mass is 373 g/mol. The molecule has 1 saturated carbocycles. The van der Waals surface area contributed by atoms with Crippen LogP contribution in [-0.2, 0) is 12.5 Å². The van der Waals surface area contributed by atoms with Gasteiger partial charge < -0.3 is 0 Å². The predicted molar refractivity (Wildman–Crippen MR) is 118 cm³/mol. The Labute approximate surface area is 169 Å². The molecule has 0 atom stereocenters. The number of hydrogen-bond donors (Lipinski definition) is 0. The molecule has 1 fully saturated rings. The number of aryl methyl sites for hydroxylation is 2. The molecule has 2 heteroatoms. The molecule has 0 amide bonds. The van der Waals surface area contributed by atoms with Crippen LogP contribution in [-0.4, -0.2) is 4.98 Å². The van der Waals surface area contributed by atoms with Gasteiger partial charge in [-0.05, 0) is 72.4 Å². The van der Waals surface area contributed by atoms with Crippen LogP contribution in [0.4, 0.5) is 0 Å². The highest BCUT2D eigenvalue weighted by Crippen LogP contribution is 2.35. The summed E-state index contributed by atoms with van der Waals surface area (Å²) in [5.41, 5.74) is 10.5. The van der Waals surface area contributed by atoms with E-state index in [4.69, 9.17) is 4.98 Å². The highest BCUT2D eigenvalue weighted by molar-refractivity contribution is 5.74. The molecule has 0 spiro atoms. The maximum absolute atomic E-state index is 4.89. The van der Waals surface area contributed by atoms with E-state index in [2.05, 4.69) is 82.8 Å². The van der Waals surface area contributed by atoms with Crippen molar-refractivity contribution in [1.29, 1.82) is 0 Å². The molecule has 0 bridgehead atoms. The third-order valence-electron chi connectivity index (χ3n) is 6.68. The van der Waals surface area contributed by atoms with Crippen LogP contribution in [0, 0.1) is 13.8 Å². The smallest absolute Gasteiger partial charge is 0.231 e. The van der Waals surface area contributed by atoms with Crippen LogP contribution in [0.25, 0.3) is 22.3 Å². The molecule has 2 nitrogen and oxygen atoms in total. The molecule has 2 aromatic carbocycles. The van der Waals surface area contributed by atoms with Crippen molar-refractivity contribution >= 4 is 11.0 Å². The van der Waals surface area contributed by atoms with Gasteiger partial charge in [0.25, 0.3) is 0 Å². The zero-order valence-electron chi connectivity index (χ0n) is 18.3. The third kappa shape index (κ3) is 3.34. The maximum Gasteiger partial charge on any atom is 0.231 e. The molecule has 1 aliphatic rings. The largest absolute Gasteiger partial charge is 0.243 e. The average Bonchev–Trinajstić information content (AvgIpc) is 3.18. The van der Waals surface area contributed by atoms with Crippen molar-refractivity contribution in [1.82, 2.24) is 4.98 Å². The van der Waals surface area contributed by atoms with Gasteiger partial charge in [0, 0.05) is 6.07 Å². The van der Waals surface area contributed by atoms with Gasteiger partial charge in [0.15, 0.2) is 0 Å². The Kier molecular flexibility index (Phi) is 4.77. The zero-order chi connectivity index (χ0) is 20.1. The van der Waals surface area contributed by atoms with Crippen LogP contribution in [0.5, 0.6) is 0 Å². The Morgan fingerprint density at radius 2 is 1.71 bits per heavy atom. The Hall–Kier alpha value is -2.22. The molecule has 28 heavy (non-hydrogen) atoms. The van der Waals surface area contributed by atoms with Crippen molar-refractivity contribution in [3.63, 3.8) is 0 Å². The first-order valence-corrected chi connectivity index (χ1v) is 10.7. The summed E-state index contributed by atoms with van der Waals surface area (Å²) >= 11 is 0. The molecule has 0 radical (unpaired) electrons. The van der Waals surface area contributed by atoms with E-state index in [1.54, 1.807) is 0 Å². The summed E-state index contributed by atoms with van der Waals surface area (Å²) in [5.74, 6) is 0.726. The SMILES string of the molecule is Cc1cc(C(C)(C)C)cc(-c2cnc3cc(C4CCCC4)ccc3[n+]2C)c1C. The molecule has 3 aromatic rings. The third-order valence-corrected chi connectivity index (χ3v) is 6.68. The van der Waals surface area contributed by atoms with Gasteiger partial charge in [-0.15, -0.1) is 0 Å². The lowest BCUT2D eigenvalue weighted by Gasteiger charge is -2.22. The van der Waals surface area contributed by atoms with Gasteiger partial charge >= 0.3 is 0 Å². The first-order chi connectivity index (χ1) is 13.3. The highest BCUT2D eigenvalue weighted by atomic mass is 15.0. The van der Waals surface area contributed by atoms with E-state index in [1.165, 1.54) is 64.7 Å². The summed E-state index contributed by atoms with van der Waals surface area (Å²) in [4.78, 5) is 4.89. The van der Waals surface area contributed by atoms with Gasteiger partial charge in [-0.1, -0.05) is 45.7 Å². The van der Waals surface area contributed by atoms with E-state index in [1.807, 2.05) is 0 Å². The van der Waals surface area contributed by atoms with Crippen molar-refractivity contribution in [3.8, 4) is 11.3 Å². The quantitative estimate of drug-likeness (QED) is 0.482. The Bertz CT molecular complexity index is 1030. The van der Waals surface area contributed by atoms with Crippen molar-refractivity contribution < 1.29 is 4.57 Å². The lowest BCUT2D eigenvalue weighted by molar-refractivity contribution is -0.634. The summed E-state index contributed by atoms with van der Waals surface area (Å²) in [6, 6.07) is 11.6. The van der Waals surface area contributed by atoms with Crippen molar-refractivity contribution in [2.75, 3.05) is 0 Å². The zero-order valence-corrected chi connectivity index (χ0v) is 18.3. The average molecular weight is 374 g/mol. The summed E-state index contributed by atoms with van der Waals surface area (Å²) in [7, 11) is 2.17. The number of hydrogen-bond acceptors (Lipinski definition) is 1. The van der Waals surface area contributed by atoms with Crippen LogP contribution >= 0.6 is 0 Å². The van der Waals surface area contributed by atoms with Gasteiger partial charge in [0.1, 0.15) is 18.8 Å². The van der Waals surface area contributed by atoms with Crippen molar-refractivity contribution in [3.05, 3.63) is 58.8 Å². The lowest BCUT2D eigenvalue weighted by Crippen LogP contribution is -2.33. The second-order valence-electron chi connectivity index (χ2n) is 9.65. The van der Waals surface area contributed by atoms with E-state index in [0.29, 0.717) is 0 Å². The number of benzene rings is 2. The van der Waals surface area contributed by atoms with Gasteiger partial charge in [-0.25, -0.2) is 4.98 Å². The fraction of sp³-hybridized carbons (Fsp3) is 0.462. The fourth-order valence-corrected chi connectivity index (χ4v) is 4.60. The van der Waals surface area contributed by atoms with E-state index < -0.39 is 0 Å². The second-order valence-corrected chi connectivity index (χ2v) is 9.65. The van der Waals surface area contributed by atoms with Gasteiger partial charge in [0.2, 0.25) is 11.2 Å². The molecular weight excluding hydrogens is 340 g/mol. The number of rotatable bonds is 2. The Balaban J connectivity index is 1.85. The molecule has 1 aromatic heterocycles. The van der Waals surface area contributed by atoms with Crippen molar-refractivity contribution in [2.24, 2.45) is 7.05 Å². The number of aromatic nitrogens is 2. The first kappa shape index (κ1) is 19.1. The minimum Gasteiger partial charge on any atom is -0.243 e. The van der Waals surface area contributed by atoms with E-state index >= 15 is 0 Å². The Morgan fingerprint density at radius 3 is 2.39 bits per heavy atom. The molecule has 1 aliphatic carbocycles. The van der Waals surface area contributed by atoms with Gasteiger partial charge in [-0.2, -0.15) is 4.57 Å². The van der Waals surface area contributed by atoms with Crippen LogP contribution in [0.2, 0.25) is 0 Å². The molecule has 0 unspecified atom stereocenters. The molecule has 4 rings (SSSR count). The summed E-state index contributed by atoms with van der Waals surface area (Å²) in [6.45, 7) is 11.3. The standard InChI is InChI=1S/C26H33N2/c1-17-13-21(26(3,4)5)15-22(18(17)2)25-16-27-23-14-20(19-9-7-8-10-19)11-12-24(23)28(25)6/h11-16,19H,7-10H2,1-6H3/q+1. The molecule has 146 valence electrons. The predicted octanol–water partition coefficient (Wildman–Crippen LogP) is 6.30. The van der Waals surface area contributed by atoms with Crippen LogP contribution in [0.1, 0.15) is 74.6 Å². The second kappa shape index (κ2) is 6.99. The van der Waals surface area contributed by atoms with Crippen LogP contribution in [0.15, 0.2) is 36.5 Å². The molecule has 0 saturated heterocycles. The molecular formula is C26H33N2+. The van der Waals surface area contributed by atoms with Crippen LogP contribution < -0.4 is 4.57 Å². The molecule has 0 N–H and O–H groups in total. The van der Waals surface area contributed by atoms with Crippen LogP contribution in [0.3, 0.4) is 0 Å². The van der Waals surface area contributed by atoms with E-state index in [0.717, 1.165) is 11.4 Å². The van der Waals surface area contributed by atoms with Gasteiger partial charge in [-0.3, -0.25) is 0 Å². The maximum atomic E-state index is 4.89. The number of fused-ring (bicyclic) bond motifs is 1. The van der Waals surface area contributed by atoms with E-state index in [-0.39, 0.29) is 5.41 Å². The summed E-state index contributed by atoms with van der Waals surface area (Å²) in [5, 5.41) is 0. The minimum atomic E-state index is 0.131.